The van der Waals surface area contributed by atoms with Crippen LogP contribution in [0, 0.1) is 0 Å². The molecule has 0 saturated carbocycles. The maximum Gasteiger partial charge on any atom is 0.113 e. The number of hydrogen-bond donors (Lipinski definition) is 1. The molecule has 0 amide bonds. The fraction of sp³-hybridized carbons (Fsp3) is 0.133. The standard InChI is InChI=1S/C15H14BrN3S/c1-19(13-7-6-10(16)8-11(13)17)9-15-18-12-4-2-3-5-14(12)20-15/h2-8H,9,17H2,1H3. The highest BCUT2D eigenvalue weighted by Crippen LogP contribution is 2.28. The van der Waals surface area contributed by atoms with Gasteiger partial charge in [-0.05, 0) is 30.3 Å². The number of nitrogens with zero attached hydrogens (tertiary/aromatic N) is 2. The first-order valence-corrected chi connectivity index (χ1v) is 7.85. The molecular formula is C15H14BrN3S. The van der Waals surface area contributed by atoms with Crippen LogP contribution in [0.25, 0.3) is 10.2 Å². The molecule has 0 spiro atoms. The first kappa shape index (κ1) is 13.4. The first-order chi connectivity index (χ1) is 9.63. The van der Waals surface area contributed by atoms with Crippen LogP contribution in [0.3, 0.4) is 0 Å². The summed E-state index contributed by atoms with van der Waals surface area (Å²) in [4.78, 5) is 6.78. The molecule has 0 atom stereocenters. The Bertz CT molecular complexity index is 721. The molecule has 5 heteroatoms. The summed E-state index contributed by atoms with van der Waals surface area (Å²) in [5.74, 6) is 0. The van der Waals surface area contributed by atoms with Crippen molar-refractivity contribution in [2.24, 2.45) is 0 Å². The topological polar surface area (TPSA) is 42.2 Å². The van der Waals surface area contributed by atoms with E-state index in [1.54, 1.807) is 11.3 Å². The van der Waals surface area contributed by atoms with Crippen LogP contribution in [-0.4, -0.2) is 12.0 Å². The Hall–Kier alpha value is -1.59. The van der Waals surface area contributed by atoms with Crippen molar-refractivity contribution in [2.45, 2.75) is 6.54 Å². The van der Waals surface area contributed by atoms with Gasteiger partial charge in [-0.2, -0.15) is 0 Å². The third kappa shape index (κ3) is 2.64. The van der Waals surface area contributed by atoms with Gasteiger partial charge in [0.15, 0.2) is 0 Å². The highest BCUT2D eigenvalue weighted by atomic mass is 79.9. The minimum absolute atomic E-state index is 0.755. The molecule has 1 heterocycles. The zero-order valence-electron chi connectivity index (χ0n) is 11.0. The van der Waals surface area contributed by atoms with E-state index >= 15 is 0 Å². The summed E-state index contributed by atoms with van der Waals surface area (Å²) in [5, 5.41) is 1.09. The number of hydrogen-bond acceptors (Lipinski definition) is 4. The Morgan fingerprint density at radius 1 is 1.25 bits per heavy atom. The molecule has 1 aromatic heterocycles. The monoisotopic (exact) mass is 347 g/mol. The summed E-state index contributed by atoms with van der Waals surface area (Å²) in [7, 11) is 2.03. The molecule has 0 aliphatic carbocycles. The Balaban J connectivity index is 1.86. The largest absolute Gasteiger partial charge is 0.397 e. The maximum atomic E-state index is 6.06. The minimum atomic E-state index is 0.755. The van der Waals surface area contributed by atoms with Crippen molar-refractivity contribution in [1.82, 2.24) is 4.98 Å². The maximum absolute atomic E-state index is 6.06. The molecule has 3 nitrogen and oxygen atoms in total. The average Bonchev–Trinajstić information content (AvgIpc) is 2.80. The number of thiazole rings is 1. The van der Waals surface area contributed by atoms with Crippen molar-refractivity contribution >= 4 is 48.9 Å². The van der Waals surface area contributed by atoms with Gasteiger partial charge >= 0.3 is 0 Å². The van der Waals surface area contributed by atoms with Crippen LogP contribution in [0.4, 0.5) is 11.4 Å². The number of halogens is 1. The van der Waals surface area contributed by atoms with E-state index in [1.807, 2.05) is 43.4 Å². The van der Waals surface area contributed by atoms with E-state index < -0.39 is 0 Å². The zero-order valence-corrected chi connectivity index (χ0v) is 13.4. The molecule has 3 aromatic rings. The fourth-order valence-corrected chi connectivity index (χ4v) is 3.55. The third-order valence-corrected chi connectivity index (χ3v) is 4.63. The van der Waals surface area contributed by atoms with E-state index in [4.69, 9.17) is 5.73 Å². The van der Waals surface area contributed by atoms with E-state index in [-0.39, 0.29) is 0 Å². The number of fused-ring (bicyclic) bond motifs is 1. The van der Waals surface area contributed by atoms with Crippen LogP contribution >= 0.6 is 27.3 Å². The van der Waals surface area contributed by atoms with Gasteiger partial charge in [0.25, 0.3) is 0 Å². The smallest absolute Gasteiger partial charge is 0.113 e. The molecule has 0 radical (unpaired) electrons. The molecule has 2 aromatic carbocycles. The highest BCUT2D eigenvalue weighted by Gasteiger charge is 2.09. The van der Waals surface area contributed by atoms with E-state index in [9.17, 15) is 0 Å². The van der Waals surface area contributed by atoms with Crippen LogP contribution in [0.2, 0.25) is 0 Å². The van der Waals surface area contributed by atoms with Crippen molar-refractivity contribution in [3.05, 3.63) is 51.9 Å². The number of benzene rings is 2. The summed E-state index contributed by atoms with van der Waals surface area (Å²) in [6.07, 6.45) is 0. The molecule has 3 rings (SSSR count). The van der Waals surface area contributed by atoms with Gasteiger partial charge in [0, 0.05) is 11.5 Å². The first-order valence-electron chi connectivity index (χ1n) is 6.24. The van der Waals surface area contributed by atoms with Crippen LogP contribution < -0.4 is 10.6 Å². The lowest BCUT2D eigenvalue weighted by molar-refractivity contribution is 0.916. The summed E-state index contributed by atoms with van der Waals surface area (Å²) < 4.78 is 2.21. The second kappa shape index (κ2) is 5.42. The Labute approximate surface area is 130 Å². The number of rotatable bonds is 3. The van der Waals surface area contributed by atoms with Crippen molar-refractivity contribution < 1.29 is 0 Å². The lowest BCUT2D eigenvalue weighted by Gasteiger charge is -2.19. The van der Waals surface area contributed by atoms with Crippen LogP contribution in [0.15, 0.2) is 46.9 Å². The predicted molar refractivity (Wildman–Crippen MR) is 90.3 cm³/mol. The Kier molecular flexibility index (Phi) is 3.63. The van der Waals surface area contributed by atoms with Gasteiger partial charge in [0.2, 0.25) is 0 Å². The van der Waals surface area contributed by atoms with Crippen LogP contribution in [0.1, 0.15) is 5.01 Å². The third-order valence-electron chi connectivity index (χ3n) is 3.11. The Morgan fingerprint density at radius 3 is 2.80 bits per heavy atom. The van der Waals surface area contributed by atoms with Crippen molar-refractivity contribution in [2.75, 3.05) is 17.7 Å². The van der Waals surface area contributed by atoms with Gasteiger partial charge < -0.3 is 10.6 Å². The summed E-state index contributed by atoms with van der Waals surface area (Å²) in [6, 6.07) is 14.1. The molecule has 0 saturated heterocycles. The fourth-order valence-electron chi connectivity index (χ4n) is 2.15. The van der Waals surface area contributed by atoms with E-state index in [2.05, 4.69) is 31.9 Å². The number of aromatic nitrogens is 1. The molecule has 0 fully saturated rings. The Morgan fingerprint density at radius 2 is 2.05 bits per heavy atom. The predicted octanol–water partition coefficient (Wildman–Crippen LogP) is 4.28. The molecule has 0 aliphatic heterocycles. The number of nitrogens with two attached hydrogens (primary N) is 1. The second-order valence-electron chi connectivity index (χ2n) is 4.63. The van der Waals surface area contributed by atoms with Crippen molar-refractivity contribution in [3.8, 4) is 0 Å². The van der Waals surface area contributed by atoms with Gasteiger partial charge in [0.05, 0.1) is 28.1 Å². The SMILES string of the molecule is CN(Cc1nc2ccccc2s1)c1ccc(Br)cc1N. The lowest BCUT2D eigenvalue weighted by atomic mass is 10.2. The summed E-state index contributed by atoms with van der Waals surface area (Å²) in [5.41, 5.74) is 8.91. The zero-order chi connectivity index (χ0) is 14.1. The second-order valence-corrected chi connectivity index (χ2v) is 6.67. The quantitative estimate of drug-likeness (QED) is 0.719. The van der Waals surface area contributed by atoms with Crippen LogP contribution in [0.5, 0.6) is 0 Å². The molecule has 0 bridgehead atoms. The summed E-state index contributed by atoms with van der Waals surface area (Å²) >= 11 is 5.15. The van der Waals surface area contributed by atoms with Crippen molar-refractivity contribution in [3.63, 3.8) is 0 Å². The lowest BCUT2D eigenvalue weighted by Crippen LogP contribution is -2.17. The average molecular weight is 348 g/mol. The van der Waals surface area contributed by atoms with Gasteiger partial charge in [-0.3, -0.25) is 0 Å². The van der Waals surface area contributed by atoms with Crippen LogP contribution in [-0.2, 0) is 6.54 Å². The van der Waals surface area contributed by atoms with E-state index in [1.165, 1.54) is 4.70 Å². The van der Waals surface area contributed by atoms with Gasteiger partial charge in [-0.1, -0.05) is 28.1 Å². The number of anilines is 2. The molecule has 0 aliphatic rings. The number of nitrogen functional groups attached to an aromatic ring is 1. The normalized spacial score (nSPS) is 10.9. The van der Waals surface area contributed by atoms with Gasteiger partial charge in [-0.15, -0.1) is 11.3 Å². The number of para-hydroxylation sites is 1. The molecule has 2 N–H and O–H groups in total. The molecular weight excluding hydrogens is 334 g/mol. The molecule has 0 unspecified atom stereocenters. The van der Waals surface area contributed by atoms with E-state index in [0.29, 0.717) is 0 Å². The highest BCUT2D eigenvalue weighted by molar-refractivity contribution is 9.10. The van der Waals surface area contributed by atoms with Gasteiger partial charge in [-0.25, -0.2) is 4.98 Å². The van der Waals surface area contributed by atoms with E-state index in [0.717, 1.165) is 32.9 Å². The minimum Gasteiger partial charge on any atom is -0.397 e. The molecule has 20 heavy (non-hydrogen) atoms. The van der Waals surface area contributed by atoms with Crippen molar-refractivity contribution in [1.29, 1.82) is 0 Å². The summed E-state index contributed by atoms with van der Waals surface area (Å²) in [6.45, 7) is 0.755. The van der Waals surface area contributed by atoms with Gasteiger partial charge in [0.1, 0.15) is 5.01 Å². The molecule has 102 valence electrons.